The first-order valence-corrected chi connectivity index (χ1v) is 8.27. The molecule has 20 heavy (non-hydrogen) atoms. The Bertz CT molecular complexity index is 526. The molecule has 1 unspecified atom stereocenters. The third-order valence-corrected chi connectivity index (χ3v) is 3.78. The van der Waals surface area contributed by atoms with Gasteiger partial charge in [0, 0.05) is 12.1 Å². The van der Waals surface area contributed by atoms with Crippen LogP contribution in [0.25, 0.3) is 0 Å². The minimum atomic E-state index is 0.226. The highest BCUT2D eigenvalue weighted by molar-refractivity contribution is 14.1. The van der Waals surface area contributed by atoms with Crippen molar-refractivity contribution < 1.29 is 0 Å². The minimum Gasteiger partial charge on any atom is -0.289 e. The summed E-state index contributed by atoms with van der Waals surface area (Å²) < 4.78 is 2.06. The van der Waals surface area contributed by atoms with Crippen molar-refractivity contribution in [2.24, 2.45) is 10.9 Å². The number of hydrogen-bond donors (Lipinski definition) is 0. The van der Waals surface area contributed by atoms with E-state index in [2.05, 4.69) is 88.4 Å². The first-order chi connectivity index (χ1) is 9.79. The molecule has 0 aromatic heterocycles. The lowest BCUT2D eigenvalue weighted by Gasteiger charge is -2.09. The molecule has 0 amide bonds. The molecule has 0 bridgehead atoms. The monoisotopic (exact) mass is 377 g/mol. The smallest absolute Gasteiger partial charge is 0.0717 e. The van der Waals surface area contributed by atoms with Gasteiger partial charge in [0.15, 0.2) is 0 Å². The first-order valence-electron chi connectivity index (χ1n) is 7.03. The van der Waals surface area contributed by atoms with E-state index in [1.54, 1.807) is 0 Å². The highest BCUT2D eigenvalue weighted by atomic mass is 127. The van der Waals surface area contributed by atoms with Crippen molar-refractivity contribution >= 4 is 28.8 Å². The topological polar surface area (TPSA) is 12.4 Å². The molecule has 1 nitrogen and oxygen atoms in total. The zero-order valence-electron chi connectivity index (χ0n) is 11.7. The maximum absolute atomic E-state index is 4.73. The Morgan fingerprint density at radius 1 is 1.30 bits per heavy atom. The van der Waals surface area contributed by atoms with Crippen LogP contribution in [-0.2, 0) is 0 Å². The van der Waals surface area contributed by atoms with E-state index in [0.717, 1.165) is 12.8 Å². The molecule has 2 rings (SSSR count). The van der Waals surface area contributed by atoms with Crippen molar-refractivity contribution in [3.8, 4) is 0 Å². The third-order valence-electron chi connectivity index (χ3n) is 3.42. The molecule has 1 aromatic carbocycles. The molecule has 0 heterocycles. The van der Waals surface area contributed by atoms with Gasteiger partial charge in [-0.2, -0.15) is 0 Å². The van der Waals surface area contributed by atoms with Gasteiger partial charge in [-0.25, -0.2) is 0 Å². The Kier molecular flexibility index (Phi) is 6.25. The maximum atomic E-state index is 4.73. The van der Waals surface area contributed by atoms with E-state index in [1.165, 1.54) is 11.1 Å². The Hall–Kier alpha value is -1.16. The number of hydrogen-bond acceptors (Lipinski definition) is 1. The number of benzene rings is 1. The van der Waals surface area contributed by atoms with Crippen LogP contribution in [0.4, 0.5) is 0 Å². The van der Waals surface area contributed by atoms with Crippen LogP contribution in [0, 0.1) is 5.92 Å². The number of halogens is 1. The van der Waals surface area contributed by atoms with E-state index in [9.17, 15) is 0 Å². The standard InChI is InChI=1S/C18H20IN/c1-15(18-9-3-2-4-10-18)20-14-17-8-6-5-7-16(13-17)11-12-19/h2-5,7,9-15,17H,6,8H2,1H3/b12-11+,20-14+/t15-,17?/m0/s1. The molecule has 2 atom stereocenters. The second kappa shape index (κ2) is 8.20. The van der Waals surface area contributed by atoms with Gasteiger partial charge in [-0.05, 0) is 41.1 Å². The normalized spacial score (nSPS) is 21.1. The van der Waals surface area contributed by atoms with Gasteiger partial charge >= 0.3 is 0 Å². The second-order valence-corrected chi connectivity index (χ2v) is 5.71. The summed E-state index contributed by atoms with van der Waals surface area (Å²) in [4.78, 5) is 4.73. The Labute approximate surface area is 135 Å². The third kappa shape index (κ3) is 4.75. The van der Waals surface area contributed by atoms with E-state index >= 15 is 0 Å². The predicted octanol–water partition coefficient (Wildman–Crippen LogP) is 5.66. The summed E-state index contributed by atoms with van der Waals surface area (Å²) in [5.41, 5.74) is 2.55. The molecule has 1 aliphatic rings. The molecule has 1 aromatic rings. The van der Waals surface area contributed by atoms with E-state index in [-0.39, 0.29) is 6.04 Å². The Morgan fingerprint density at radius 3 is 2.85 bits per heavy atom. The summed E-state index contributed by atoms with van der Waals surface area (Å²) in [5.74, 6) is 0.429. The summed E-state index contributed by atoms with van der Waals surface area (Å²) >= 11 is 2.26. The van der Waals surface area contributed by atoms with Crippen LogP contribution in [0.2, 0.25) is 0 Å². The summed E-state index contributed by atoms with van der Waals surface area (Å²) in [6, 6.07) is 10.7. The largest absolute Gasteiger partial charge is 0.289 e. The van der Waals surface area contributed by atoms with Crippen LogP contribution in [0.3, 0.4) is 0 Å². The van der Waals surface area contributed by atoms with Crippen LogP contribution >= 0.6 is 22.6 Å². The fourth-order valence-corrected chi connectivity index (χ4v) is 2.67. The zero-order valence-corrected chi connectivity index (χ0v) is 13.9. The SMILES string of the molecule is C[C@H](/N=C/C1C=C(/C=C/I)C=CCC1)c1ccccc1. The van der Waals surface area contributed by atoms with E-state index < -0.39 is 0 Å². The average Bonchev–Trinajstić information content (AvgIpc) is 2.71. The van der Waals surface area contributed by atoms with Crippen molar-refractivity contribution in [2.45, 2.75) is 25.8 Å². The quantitative estimate of drug-likeness (QED) is 0.474. The van der Waals surface area contributed by atoms with Gasteiger partial charge in [-0.15, -0.1) is 0 Å². The molecular weight excluding hydrogens is 357 g/mol. The van der Waals surface area contributed by atoms with Crippen molar-refractivity contribution in [3.05, 3.63) is 69.9 Å². The van der Waals surface area contributed by atoms with Crippen molar-refractivity contribution in [3.63, 3.8) is 0 Å². The second-order valence-electron chi connectivity index (χ2n) is 4.99. The van der Waals surface area contributed by atoms with Gasteiger partial charge in [0.25, 0.3) is 0 Å². The van der Waals surface area contributed by atoms with Crippen LogP contribution < -0.4 is 0 Å². The average molecular weight is 377 g/mol. The molecule has 0 aliphatic heterocycles. The van der Waals surface area contributed by atoms with E-state index in [0.29, 0.717) is 5.92 Å². The molecule has 0 saturated carbocycles. The predicted molar refractivity (Wildman–Crippen MR) is 96.5 cm³/mol. The zero-order chi connectivity index (χ0) is 14.2. The Balaban J connectivity index is 2.05. The molecule has 0 N–H and O–H groups in total. The lowest BCUT2D eigenvalue weighted by atomic mass is 10.0. The summed E-state index contributed by atoms with van der Waals surface area (Å²) in [6.45, 7) is 2.15. The van der Waals surface area contributed by atoms with Crippen LogP contribution in [-0.4, -0.2) is 6.21 Å². The lowest BCUT2D eigenvalue weighted by molar-refractivity contribution is 0.751. The van der Waals surface area contributed by atoms with Crippen LogP contribution in [0.5, 0.6) is 0 Å². The van der Waals surface area contributed by atoms with Gasteiger partial charge in [0.1, 0.15) is 0 Å². The molecule has 0 fully saturated rings. The van der Waals surface area contributed by atoms with Gasteiger partial charge in [-0.1, -0.05) is 71.2 Å². The van der Waals surface area contributed by atoms with Crippen LogP contribution in [0.1, 0.15) is 31.4 Å². The summed E-state index contributed by atoms with van der Waals surface area (Å²) in [6.07, 6.45) is 13.3. The number of aliphatic imine (C=N–C) groups is 1. The summed E-state index contributed by atoms with van der Waals surface area (Å²) in [5, 5.41) is 0. The lowest BCUT2D eigenvalue weighted by Crippen LogP contribution is -2.00. The van der Waals surface area contributed by atoms with Crippen molar-refractivity contribution in [2.75, 3.05) is 0 Å². The molecule has 0 saturated heterocycles. The minimum absolute atomic E-state index is 0.226. The number of nitrogens with zero attached hydrogens (tertiary/aromatic N) is 1. The first kappa shape index (κ1) is 15.2. The fourth-order valence-electron chi connectivity index (χ4n) is 2.25. The molecule has 1 aliphatic carbocycles. The highest BCUT2D eigenvalue weighted by Crippen LogP contribution is 2.20. The van der Waals surface area contributed by atoms with E-state index in [4.69, 9.17) is 4.99 Å². The number of rotatable bonds is 4. The molecule has 0 radical (unpaired) electrons. The molecule has 2 heteroatoms. The van der Waals surface area contributed by atoms with Crippen LogP contribution in [0.15, 0.2) is 69.3 Å². The van der Waals surface area contributed by atoms with Gasteiger partial charge in [-0.3, -0.25) is 4.99 Å². The molecule has 104 valence electrons. The van der Waals surface area contributed by atoms with Gasteiger partial charge in [0.05, 0.1) is 6.04 Å². The fraction of sp³-hybridized carbons (Fsp3) is 0.278. The van der Waals surface area contributed by atoms with E-state index in [1.807, 2.05) is 6.07 Å². The molecular formula is C18H20IN. The highest BCUT2D eigenvalue weighted by Gasteiger charge is 2.07. The maximum Gasteiger partial charge on any atom is 0.0717 e. The summed E-state index contributed by atoms with van der Waals surface area (Å²) in [7, 11) is 0. The van der Waals surface area contributed by atoms with Gasteiger partial charge in [0.2, 0.25) is 0 Å². The molecule has 0 spiro atoms. The van der Waals surface area contributed by atoms with Crippen molar-refractivity contribution in [1.82, 2.24) is 0 Å². The number of allylic oxidation sites excluding steroid dienone is 5. The van der Waals surface area contributed by atoms with Crippen molar-refractivity contribution in [1.29, 1.82) is 0 Å². The van der Waals surface area contributed by atoms with Gasteiger partial charge < -0.3 is 0 Å². The Morgan fingerprint density at radius 2 is 2.10 bits per heavy atom.